The molecule has 0 aliphatic rings. The summed E-state index contributed by atoms with van der Waals surface area (Å²) in [5.41, 5.74) is 1.74. The van der Waals surface area contributed by atoms with Gasteiger partial charge >= 0.3 is 0 Å². The molecule has 8 nitrogen and oxygen atoms in total. The molecule has 27 heavy (non-hydrogen) atoms. The van der Waals surface area contributed by atoms with Gasteiger partial charge in [-0.25, -0.2) is 14.6 Å². The standard InChI is InChI=1S/C18H18BrN7O/c1-3-7-12-22-17(25-27-12)14(11-8-5-4-6-9-11)23-16-13-15(19)24-26(2)18(13)21-10-20-16/h4-6,8-10,14H,3,7H2,1-2H3,(H,20,21,23). The Hall–Kier alpha value is -2.81. The fraction of sp³-hybridized carbons (Fsp3) is 0.278. The van der Waals surface area contributed by atoms with E-state index in [0.717, 1.165) is 29.4 Å². The third-order valence-electron chi connectivity index (χ3n) is 4.20. The van der Waals surface area contributed by atoms with Gasteiger partial charge in [0.1, 0.15) is 22.8 Å². The molecule has 3 heterocycles. The zero-order valence-electron chi connectivity index (χ0n) is 14.9. The Morgan fingerprint density at radius 3 is 2.81 bits per heavy atom. The molecule has 0 radical (unpaired) electrons. The third kappa shape index (κ3) is 3.42. The van der Waals surface area contributed by atoms with E-state index in [0.29, 0.717) is 22.1 Å². The lowest BCUT2D eigenvalue weighted by Crippen LogP contribution is -2.15. The number of hydrogen-bond donors (Lipinski definition) is 1. The van der Waals surface area contributed by atoms with E-state index in [2.05, 4.69) is 53.4 Å². The molecule has 1 aromatic carbocycles. The molecule has 1 N–H and O–H groups in total. The van der Waals surface area contributed by atoms with Gasteiger partial charge in [0.25, 0.3) is 0 Å². The van der Waals surface area contributed by atoms with E-state index in [1.54, 1.807) is 4.68 Å². The molecular formula is C18H18BrN7O. The highest BCUT2D eigenvalue weighted by atomic mass is 79.9. The monoisotopic (exact) mass is 427 g/mol. The summed E-state index contributed by atoms with van der Waals surface area (Å²) in [7, 11) is 1.84. The number of benzene rings is 1. The van der Waals surface area contributed by atoms with Crippen molar-refractivity contribution in [2.24, 2.45) is 7.05 Å². The number of halogens is 1. The summed E-state index contributed by atoms with van der Waals surface area (Å²) >= 11 is 3.49. The normalized spacial score (nSPS) is 12.4. The van der Waals surface area contributed by atoms with Gasteiger partial charge in [-0.2, -0.15) is 10.1 Å². The molecule has 0 aliphatic carbocycles. The molecule has 0 aliphatic heterocycles. The number of fused-ring (bicyclic) bond motifs is 1. The number of aromatic nitrogens is 6. The summed E-state index contributed by atoms with van der Waals surface area (Å²) in [6.45, 7) is 2.08. The van der Waals surface area contributed by atoms with Gasteiger partial charge in [-0.15, -0.1) is 0 Å². The Labute approximate surface area is 164 Å². The SMILES string of the molecule is CCCc1nc(C(Nc2ncnc3c2c(Br)nn3C)c2ccccc2)no1. The fourth-order valence-corrected chi connectivity index (χ4v) is 3.53. The minimum Gasteiger partial charge on any atom is -0.355 e. The molecule has 3 aromatic heterocycles. The summed E-state index contributed by atoms with van der Waals surface area (Å²) in [4.78, 5) is 13.3. The van der Waals surface area contributed by atoms with Gasteiger partial charge in [0.2, 0.25) is 5.89 Å². The molecule has 0 amide bonds. The Bertz CT molecular complexity index is 1060. The maximum absolute atomic E-state index is 5.40. The molecule has 0 saturated carbocycles. The van der Waals surface area contributed by atoms with Crippen LogP contribution in [-0.2, 0) is 13.5 Å². The number of nitrogens with one attached hydrogen (secondary N) is 1. The van der Waals surface area contributed by atoms with E-state index in [4.69, 9.17) is 4.52 Å². The first-order valence-electron chi connectivity index (χ1n) is 8.64. The van der Waals surface area contributed by atoms with Gasteiger partial charge in [-0.1, -0.05) is 42.4 Å². The first kappa shape index (κ1) is 17.6. The number of hydrogen-bond acceptors (Lipinski definition) is 7. The van der Waals surface area contributed by atoms with Crippen LogP contribution in [0.3, 0.4) is 0 Å². The Balaban J connectivity index is 1.78. The van der Waals surface area contributed by atoms with E-state index in [1.807, 2.05) is 37.4 Å². The molecule has 0 bridgehead atoms. The van der Waals surface area contributed by atoms with Crippen molar-refractivity contribution in [1.82, 2.24) is 29.9 Å². The lowest BCUT2D eigenvalue weighted by atomic mass is 10.1. The summed E-state index contributed by atoms with van der Waals surface area (Å²) in [5.74, 6) is 1.85. The Morgan fingerprint density at radius 2 is 2.04 bits per heavy atom. The van der Waals surface area contributed by atoms with Crippen LogP contribution in [0.15, 0.2) is 45.8 Å². The second-order valence-electron chi connectivity index (χ2n) is 6.12. The molecule has 4 aromatic rings. The smallest absolute Gasteiger partial charge is 0.226 e. The van der Waals surface area contributed by atoms with Crippen molar-refractivity contribution < 1.29 is 4.52 Å². The van der Waals surface area contributed by atoms with E-state index >= 15 is 0 Å². The highest BCUT2D eigenvalue weighted by molar-refractivity contribution is 9.10. The maximum atomic E-state index is 5.40. The molecule has 138 valence electrons. The number of rotatable bonds is 6. The Kier molecular flexibility index (Phi) is 4.85. The van der Waals surface area contributed by atoms with Gasteiger partial charge in [-0.3, -0.25) is 0 Å². The largest absolute Gasteiger partial charge is 0.355 e. The molecule has 1 atom stereocenters. The second kappa shape index (κ2) is 7.43. The van der Waals surface area contributed by atoms with E-state index in [-0.39, 0.29) is 6.04 Å². The van der Waals surface area contributed by atoms with Crippen LogP contribution in [-0.4, -0.2) is 29.9 Å². The first-order chi connectivity index (χ1) is 13.2. The van der Waals surface area contributed by atoms with E-state index in [9.17, 15) is 0 Å². The number of anilines is 1. The highest BCUT2D eigenvalue weighted by Gasteiger charge is 2.23. The number of nitrogens with zero attached hydrogens (tertiary/aromatic N) is 6. The van der Waals surface area contributed by atoms with Crippen LogP contribution >= 0.6 is 15.9 Å². The first-order valence-corrected chi connectivity index (χ1v) is 9.43. The molecule has 4 rings (SSSR count). The second-order valence-corrected chi connectivity index (χ2v) is 6.87. The zero-order valence-corrected chi connectivity index (χ0v) is 16.5. The average Bonchev–Trinajstić information content (AvgIpc) is 3.26. The quantitative estimate of drug-likeness (QED) is 0.501. The van der Waals surface area contributed by atoms with E-state index < -0.39 is 0 Å². The summed E-state index contributed by atoms with van der Waals surface area (Å²) in [6, 6.07) is 9.65. The highest BCUT2D eigenvalue weighted by Crippen LogP contribution is 2.31. The fourth-order valence-electron chi connectivity index (χ4n) is 2.93. The van der Waals surface area contributed by atoms with Gasteiger partial charge in [-0.05, 0) is 27.9 Å². The molecular weight excluding hydrogens is 410 g/mol. The van der Waals surface area contributed by atoms with Gasteiger partial charge in [0, 0.05) is 13.5 Å². The van der Waals surface area contributed by atoms with Crippen molar-refractivity contribution >= 4 is 32.8 Å². The summed E-state index contributed by atoms with van der Waals surface area (Å²) in [6.07, 6.45) is 3.21. The summed E-state index contributed by atoms with van der Waals surface area (Å²) in [5, 5.41) is 12.8. The summed E-state index contributed by atoms with van der Waals surface area (Å²) < 4.78 is 7.78. The predicted molar refractivity (Wildman–Crippen MR) is 104 cm³/mol. The third-order valence-corrected chi connectivity index (χ3v) is 4.75. The zero-order chi connectivity index (χ0) is 18.8. The van der Waals surface area contributed by atoms with Crippen LogP contribution in [0, 0.1) is 0 Å². The van der Waals surface area contributed by atoms with Crippen molar-refractivity contribution in [2.45, 2.75) is 25.8 Å². The van der Waals surface area contributed by atoms with Crippen LogP contribution in [0.1, 0.15) is 36.7 Å². The van der Waals surface area contributed by atoms with Gasteiger partial charge in [0.15, 0.2) is 11.5 Å². The lowest BCUT2D eigenvalue weighted by Gasteiger charge is -2.17. The topological polar surface area (TPSA) is 94.6 Å². The van der Waals surface area contributed by atoms with Crippen LogP contribution in [0.2, 0.25) is 0 Å². The van der Waals surface area contributed by atoms with Crippen molar-refractivity contribution in [2.75, 3.05) is 5.32 Å². The van der Waals surface area contributed by atoms with Crippen molar-refractivity contribution in [3.63, 3.8) is 0 Å². The van der Waals surface area contributed by atoms with Crippen LogP contribution < -0.4 is 5.32 Å². The molecule has 0 saturated heterocycles. The maximum Gasteiger partial charge on any atom is 0.226 e. The van der Waals surface area contributed by atoms with Crippen LogP contribution in [0.4, 0.5) is 5.82 Å². The molecule has 0 fully saturated rings. The molecule has 0 spiro atoms. The minimum atomic E-state index is -0.314. The Morgan fingerprint density at radius 1 is 1.22 bits per heavy atom. The minimum absolute atomic E-state index is 0.314. The van der Waals surface area contributed by atoms with Crippen LogP contribution in [0.5, 0.6) is 0 Å². The predicted octanol–water partition coefficient (Wildman–Crippen LogP) is 3.66. The van der Waals surface area contributed by atoms with Crippen molar-refractivity contribution in [1.29, 1.82) is 0 Å². The lowest BCUT2D eigenvalue weighted by molar-refractivity contribution is 0.371. The van der Waals surface area contributed by atoms with Gasteiger partial charge < -0.3 is 9.84 Å². The van der Waals surface area contributed by atoms with Crippen LogP contribution in [0.25, 0.3) is 11.0 Å². The van der Waals surface area contributed by atoms with Gasteiger partial charge in [0.05, 0.1) is 5.39 Å². The average molecular weight is 428 g/mol. The molecule has 1 unspecified atom stereocenters. The van der Waals surface area contributed by atoms with Crippen molar-refractivity contribution in [3.05, 3.63) is 58.5 Å². The van der Waals surface area contributed by atoms with Crippen molar-refractivity contribution in [3.8, 4) is 0 Å². The molecule has 9 heteroatoms. The number of aryl methyl sites for hydroxylation is 2. The van der Waals surface area contributed by atoms with E-state index in [1.165, 1.54) is 6.33 Å².